The molecule has 0 bridgehead atoms. The maximum Gasteiger partial charge on any atom is 0.0686 e. The highest BCUT2D eigenvalue weighted by Crippen LogP contribution is 2.28. The summed E-state index contributed by atoms with van der Waals surface area (Å²) in [5.41, 5.74) is 9.89. The van der Waals surface area contributed by atoms with Crippen LogP contribution in [-0.4, -0.2) is 10.7 Å². The molecule has 1 aromatic rings. The van der Waals surface area contributed by atoms with E-state index in [-0.39, 0.29) is 0 Å². The molecule has 0 saturated heterocycles. The summed E-state index contributed by atoms with van der Waals surface area (Å²) in [6.45, 7) is 12.8. The summed E-state index contributed by atoms with van der Waals surface area (Å²) in [6, 6.07) is 0. The second-order valence-corrected chi connectivity index (χ2v) is 4.89. The molecule has 17 heavy (non-hydrogen) atoms. The number of aromatic amines is 1. The molecule has 0 radical (unpaired) electrons. The van der Waals surface area contributed by atoms with E-state index in [4.69, 9.17) is 0 Å². The number of nitrogens with one attached hydrogen (secondary N) is 1. The highest BCUT2D eigenvalue weighted by atomic mass is 14.8. The lowest BCUT2D eigenvalue weighted by molar-refractivity contribution is 1.21. The monoisotopic (exact) mass is 228 g/mol. The van der Waals surface area contributed by atoms with Crippen LogP contribution in [0.5, 0.6) is 0 Å². The summed E-state index contributed by atoms with van der Waals surface area (Å²) in [4.78, 5) is 8.03. The minimum Gasteiger partial charge on any atom is -0.359 e. The van der Waals surface area contributed by atoms with Gasteiger partial charge in [-0.25, -0.2) is 0 Å². The average molecular weight is 228 g/mol. The Morgan fingerprint density at radius 1 is 0.882 bits per heavy atom. The zero-order valence-electron chi connectivity index (χ0n) is 11.5. The van der Waals surface area contributed by atoms with Crippen LogP contribution in [0.4, 0.5) is 0 Å². The number of hydrogen-bond donors (Lipinski definition) is 1. The van der Waals surface area contributed by atoms with Gasteiger partial charge in [-0.3, -0.25) is 4.99 Å². The van der Waals surface area contributed by atoms with Crippen LogP contribution in [0, 0.1) is 20.8 Å². The molecular formula is C15H20N2. The standard InChI is InChI=1S/C15H20N2/c1-8-10(3)14(16-12(8)5)7-15-11(4)9(2)13(6)17-15/h7,16H,1-6H3/b15-7-. The second-order valence-electron chi connectivity index (χ2n) is 4.89. The molecule has 2 nitrogen and oxygen atoms in total. The molecule has 0 aromatic carbocycles. The van der Waals surface area contributed by atoms with Crippen molar-refractivity contribution in [2.75, 3.05) is 0 Å². The van der Waals surface area contributed by atoms with E-state index in [0.717, 1.165) is 11.4 Å². The van der Waals surface area contributed by atoms with Crippen LogP contribution in [-0.2, 0) is 0 Å². The lowest BCUT2D eigenvalue weighted by Gasteiger charge is -1.98. The predicted molar refractivity (Wildman–Crippen MR) is 74.5 cm³/mol. The van der Waals surface area contributed by atoms with Crippen molar-refractivity contribution in [1.29, 1.82) is 0 Å². The van der Waals surface area contributed by atoms with Gasteiger partial charge < -0.3 is 4.98 Å². The van der Waals surface area contributed by atoms with Crippen LogP contribution in [0.2, 0.25) is 0 Å². The fourth-order valence-corrected chi connectivity index (χ4v) is 2.11. The molecule has 2 heterocycles. The van der Waals surface area contributed by atoms with Gasteiger partial charge in [-0.2, -0.15) is 0 Å². The Morgan fingerprint density at radius 2 is 1.53 bits per heavy atom. The Morgan fingerprint density at radius 3 is 1.94 bits per heavy atom. The van der Waals surface area contributed by atoms with E-state index in [1.54, 1.807) is 0 Å². The Kier molecular flexibility index (Phi) is 2.82. The van der Waals surface area contributed by atoms with Crippen LogP contribution in [0.1, 0.15) is 43.3 Å². The van der Waals surface area contributed by atoms with Gasteiger partial charge in [-0.15, -0.1) is 0 Å². The molecule has 1 aliphatic rings. The summed E-state index contributed by atoms with van der Waals surface area (Å²) < 4.78 is 0. The van der Waals surface area contributed by atoms with Gasteiger partial charge in [0.05, 0.1) is 5.70 Å². The molecule has 2 heteroatoms. The molecule has 1 aromatic heterocycles. The number of nitrogens with zero attached hydrogens (tertiary/aromatic N) is 1. The Labute approximate surface area is 103 Å². The number of rotatable bonds is 1. The molecule has 0 unspecified atom stereocenters. The minimum atomic E-state index is 1.09. The van der Waals surface area contributed by atoms with Crippen molar-refractivity contribution in [3.05, 3.63) is 39.4 Å². The van der Waals surface area contributed by atoms with Gasteiger partial charge >= 0.3 is 0 Å². The molecule has 0 amide bonds. The van der Waals surface area contributed by atoms with Crippen molar-refractivity contribution < 1.29 is 0 Å². The van der Waals surface area contributed by atoms with Crippen LogP contribution < -0.4 is 0 Å². The van der Waals surface area contributed by atoms with Gasteiger partial charge in [-0.05, 0) is 69.9 Å². The topological polar surface area (TPSA) is 28.1 Å². The SMILES string of the molecule is CC1=N/C(=C\c2[nH]c(C)c(C)c2C)C(C)=C1C. The van der Waals surface area contributed by atoms with Crippen LogP contribution in [0.25, 0.3) is 6.08 Å². The Bertz CT molecular complexity index is 566. The number of aryl methyl sites for hydroxylation is 1. The molecular weight excluding hydrogens is 208 g/mol. The maximum atomic E-state index is 4.61. The number of allylic oxidation sites excluding steroid dienone is 2. The van der Waals surface area contributed by atoms with E-state index in [0.29, 0.717) is 0 Å². The molecule has 1 aliphatic heterocycles. The number of hydrogen-bond acceptors (Lipinski definition) is 1. The van der Waals surface area contributed by atoms with Crippen molar-refractivity contribution in [3.8, 4) is 0 Å². The van der Waals surface area contributed by atoms with E-state index in [9.17, 15) is 0 Å². The van der Waals surface area contributed by atoms with Gasteiger partial charge in [0.1, 0.15) is 0 Å². The lowest BCUT2D eigenvalue weighted by atomic mass is 10.1. The van der Waals surface area contributed by atoms with Crippen molar-refractivity contribution in [3.63, 3.8) is 0 Å². The maximum absolute atomic E-state index is 4.61. The highest BCUT2D eigenvalue weighted by molar-refractivity contribution is 6.03. The summed E-state index contributed by atoms with van der Waals surface area (Å²) in [6.07, 6.45) is 2.16. The van der Waals surface area contributed by atoms with Crippen LogP contribution in [0.15, 0.2) is 21.8 Å². The predicted octanol–water partition coefficient (Wildman–Crippen LogP) is 4.09. The smallest absolute Gasteiger partial charge is 0.0686 e. The third-order valence-electron chi connectivity index (χ3n) is 3.91. The second kappa shape index (κ2) is 4.02. The quantitative estimate of drug-likeness (QED) is 0.750. The fourth-order valence-electron chi connectivity index (χ4n) is 2.11. The van der Waals surface area contributed by atoms with E-state index in [1.165, 1.54) is 33.7 Å². The van der Waals surface area contributed by atoms with Crippen LogP contribution in [0.3, 0.4) is 0 Å². The van der Waals surface area contributed by atoms with Crippen LogP contribution >= 0.6 is 0 Å². The first-order chi connectivity index (χ1) is 7.91. The van der Waals surface area contributed by atoms with Crippen molar-refractivity contribution in [2.24, 2.45) is 4.99 Å². The third-order valence-corrected chi connectivity index (χ3v) is 3.91. The average Bonchev–Trinajstić information content (AvgIpc) is 2.66. The van der Waals surface area contributed by atoms with E-state index >= 15 is 0 Å². The normalized spacial score (nSPS) is 18.2. The molecule has 0 aliphatic carbocycles. The molecule has 0 fully saturated rings. The Hall–Kier alpha value is -1.57. The first kappa shape index (κ1) is 11.9. The summed E-state index contributed by atoms with van der Waals surface area (Å²) in [7, 11) is 0. The molecule has 90 valence electrons. The van der Waals surface area contributed by atoms with E-state index in [1.807, 2.05) is 0 Å². The molecule has 0 atom stereocenters. The summed E-state index contributed by atoms with van der Waals surface area (Å²) in [5, 5.41) is 0. The highest BCUT2D eigenvalue weighted by Gasteiger charge is 2.14. The van der Waals surface area contributed by atoms with Gasteiger partial charge in [0.25, 0.3) is 0 Å². The third kappa shape index (κ3) is 1.88. The molecule has 0 saturated carbocycles. The van der Waals surface area contributed by atoms with Crippen molar-refractivity contribution in [2.45, 2.75) is 41.5 Å². The Balaban J connectivity index is 2.49. The van der Waals surface area contributed by atoms with Crippen molar-refractivity contribution in [1.82, 2.24) is 4.98 Å². The van der Waals surface area contributed by atoms with Gasteiger partial charge in [0, 0.05) is 17.1 Å². The minimum absolute atomic E-state index is 1.09. The summed E-state index contributed by atoms with van der Waals surface area (Å²) in [5.74, 6) is 0. The molecule has 2 rings (SSSR count). The number of aromatic nitrogens is 1. The lowest BCUT2D eigenvalue weighted by Crippen LogP contribution is -1.86. The van der Waals surface area contributed by atoms with E-state index < -0.39 is 0 Å². The molecule has 0 spiro atoms. The van der Waals surface area contributed by atoms with E-state index in [2.05, 4.69) is 57.6 Å². The first-order valence-corrected chi connectivity index (χ1v) is 6.02. The largest absolute Gasteiger partial charge is 0.359 e. The van der Waals surface area contributed by atoms with Gasteiger partial charge in [0.15, 0.2) is 0 Å². The number of aliphatic imine (C=N–C) groups is 1. The number of H-pyrrole nitrogens is 1. The van der Waals surface area contributed by atoms with Gasteiger partial charge in [-0.1, -0.05) is 0 Å². The summed E-state index contributed by atoms with van der Waals surface area (Å²) >= 11 is 0. The van der Waals surface area contributed by atoms with Crippen molar-refractivity contribution >= 4 is 11.8 Å². The fraction of sp³-hybridized carbons (Fsp3) is 0.400. The van der Waals surface area contributed by atoms with Gasteiger partial charge in [0.2, 0.25) is 0 Å². The zero-order valence-corrected chi connectivity index (χ0v) is 11.5. The molecule has 1 N–H and O–H groups in total. The zero-order chi connectivity index (χ0) is 12.7. The first-order valence-electron chi connectivity index (χ1n) is 6.02.